The first-order valence-electron chi connectivity index (χ1n) is 5.93. The first kappa shape index (κ1) is 12.9. The molecule has 2 N–H and O–H groups in total. The van der Waals surface area contributed by atoms with Gasteiger partial charge in [-0.3, -0.25) is 0 Å². The lowest BCUT2D eigenvalue weighted by Crippen LogP contribution is -2.60. The van der Waals surface area contributed by atoms with Gasteiger partial charge in [0.1, 0.15) is 0 Å². The Bertz CT molecular complexity index is 194. The number of rotatable bonds is 5. The van der Waals surface area contributed by atoms with E-state index < -0.39 is 0 Å². The Kier molecular flexibility index (Phi) is 4.56. The van der Waals surface area contributed by atoms with Gasteiger partial charge in [0.15, 0.2) is 0 Å². The predicted molar refractivity (Wildman–Crippen MR) is 61.9 cm³/mol. The van der Waals surface area contributed by atoms with Crippen molar-refractivity contribution in [2.45, 2.75) is 45.1 Å². The van der Waals surface area contributed by atoms with Gasteiger partial charge in [0.25, 0.3) is 0 Å². The van der Waals surface area contributed by atoms with Crippen LogP contribution < -0.4 is 5.32 Å². The van der Waals surface area contributed by atoms with E-state index in [9.17, 15) is 5.11 Å². The van der Waals surface area contributed by atoms with Crippen LogP contribution >= 0.6 is 0 Å². The second-order valence-corrected chi connectivity index (χ2v) is 5.25. The summed E-state index contributed by atoms with van der Waals surface area (Å²) in [6.45, 7) is 6.26. The van der Waals surface area contributed by atoms with Gasteiger partial charge in [0.2, 0.25) is 0 Å². The summed E-state index contributed by atoms with van der Waals surface area (Å²) in [7, 11) is 1.71. The van der Waals surface area contributed by atoms with Crippen LogP contribution in [0.5, 0.6) is 0 Å². The molecule has 1 aliphatic carbocycles. The Morgan fingerprint density at radius 2 is 1.93 bits per heavy atom. The SMILES string of the molecule is COCCNC1(CO)CCCCC1(C)C. The molecule has 1 fully saturated rings. The molecule has 0 bridgehead atoms. The van der Waals surface area contributed by atoms with Crippen LogP contribution in [0.25, 0.3) is 0 Å². The number of aliphatic hydroxyl groups excluding tert-OH is 1. The molecule has 1 saturated carbocycles. The average Bonchev–Trinajstić information content (AvgIpc) is 2.21. The zero-order chi connectivity index (χ0) is 11.4. The van der Waals surface area contributed by atoms with Crippen molar-refractivity contribution in [1.29, 1.82) is 0 Å². The van der Waals surface area contributed by atoms with Gasteiger partial charge in [-0.2, -0.15) is 0 Å². The average molecular weight is 215 g/mol. The highest BCUT2D eigenvalue weighted by atomic mass is 16.5. The largest absolute Gasteiger partial charge is 0.394 e. The van der Waals surface area contributed by atoms with Crippen molar-refractivity contribution in [3.05, 3.63) is 0 Å². The maximum absolute atomic E-state index is 9.67. The van der Waals surface area contributed by atoms with Gasteiger partial charge in [-0.25, -0.2) is 0 Å². The number of ether oxygens (including phenoxy) is 1. The van der Waals surface area contributed by atoms with Crippen LogP contribution in [0.4, 0.5) is 0 Å². The molecule has 0 saturated heterocycles. The van der Waals surface area contributed by atoms with E-state index in [1.165, 1.54) is 19.3 Å². The quantitative estimate of drug-likeness (QED) is 0.684. The van der Waals surface area contributed by atoms with Crippen LogP contribution in [0.1, 0.15) is 39.5 Å². The van der Waals surface area contributed by atoms with E-state index in [2.05, 4.69) is 19.2 Å². The number of aliphatic hydroxyl groups is 1. The van der Waals surface area contributed by atoms with Gasteiger partial charge in [0.05, 0.1) is 13.2 Å². The zero-order valence-electron chi connectivity index (χ0n) is 10.3. The molecular weight excluding hydrogens is 190 g/mol. The van der Waals surface area contributed by atoms with Crippen LogP contribution in [0.15, 0.2) is 0 Å². The molecule has 1 atom stereocenters. The number of hydrogen-bond donors (Lipinski definition) is 2. The van der Waals surface area contributed by atoms with Crippen LogP contribution in [-0.4, -0.2) is 37.5 Å². The van der Waals surface area contributed by atoms with E-state index in [0.29, 0.717) is 6.61 Å². The Balaban J connectivity index is 2.63. The van der Waals surface area contributed by atoms with Crippen LogP contribution in [-0.2, 0) is 4.74 Å². The van der Waals surface area contributed by atoms with Gasteiger partial charge >= 0.3 is 0 Å². The fraction of sp³-hybridized carbons (Fsp3) is 1.00. The molecule has 3 heteroatoms. The molecule has 1 aliphatic rings. The first-order valence-corrected chi connectivity index (χ1v) is 5.93. The summed E-state index contributed by atoms with van der Waals surface area (Å²) in [6.07, 6.45) is 4.75. The molecule has 0 spiro atoms. The standard InChI is InChI=1S/C12H25NO2/c1-11(2)6-4-5-7-12(11,10-14)13-8-9-15-3/h13-14H,4-10H2,1-3H3. The van der Waals surface area contributed by atoms with E-state index in [1.807, 2.05) is 0 Å². The fourth-order valence-corrected chi connectivity index (χ4v) is 2.64. The van der Waals surface area contributed by atoms with Crippen molar-refractivity contribution in [1.82, 2.24) is 5.32 Å². The zero-order valence-corrected chi connectivity index (χ0v) is 10.3. The van der Waals surface area contributed by atoms with Crippen molar-refractivity contribution in [3.8, 4) is 0 Å². The second kappa shape index (κ2) is 5.28. The van der Waals surface area contributed by atoms with Crippen LogP contribution in [0, 0.1) is 5.41 Å². The van der Waals surface area contributed by atoms with Gasteiger partial charge < -0.3 is 15.2 Å². The van der Waals surface area contributed by atoms with E-state index in [0.717, 1.165) is 13.0 Å². The molecule has 1 rings (SSSR count). The van der Waals surface area contributed by atoms with Crippen LogP contribution in [0.3, 0.4) is 0 Å². The lowest BCUT2D eigenvalue weighted by Gasteiger charge is -2.50. The minimum absolute atomic E-state index is 0.107. The molecule has 90 valence electrons. The molecule has 3 nitrogen and oxygen atoms in total. The van der Waals surface area contributed by atoms with Crippen molar-refractivity contribution < 1.29 is 9.84 Å². The topological polar surface area (TPSA) is 41.5 Å². The molecular formula is C12H25NO2. The third kappa shape index (κ3) is 2.71. The molecule has 0 aromatic heterocycles. The summed E-state index contributed by atoms with van der Waals surface area (Å²) in [5.74, 6) is 0. The van der Waals surface area contributed by atoms with E-state index in [1.54, 1.807) is 7.11 Å². The second-order valence-electron chi connectivity index (χ2n) is 5.25. The molecule has 0 heterocycles. The van der Waals surface area contributed by atoms with E-state index in [-0.39, 0.29) is 17.6 Å². The molecule has 1 unspecified atom stereocenters. The molecule has 0 aromatic rings. The summed E-state index contributed by atoms with van der Waals surface area (Å²) in [5, 5.41) is 13.2. The lowest BCUT2D eigenvalue weighted by atomic mass is 9.63. The Hall–Kier alpha value is -0.120. The summed E-state index contributed by atoms with van der Waals surface area (Å²) >= 11 is 0. The highest BCUT2D eigenvalue weighted by molar-refractivity contribution is 5.02. The molecule has 15 heavy (non-hydrogen) atoms. The fourth-order valence-electron chi connectivity index (χ4n) is 2.64. The monoisotopic (exact) mass is 215 g/mol. The molecule has 0 aromatic carbocycles. The maximum Gasteiger partial charge on any atom is 0.0618 e. The summed E-state index contributed by atoms with van der Waals surface area (Å²) in [6, 6.07) is 0. The number of methoxy groups -OCH3 is 1. The van der Waals surface area contributed by atoms with Gasteiger partial charge in [-0.1, -0.05) is 26.7 Å². The maximum atomic E-state index is 9.67. The van der Waals surface area contributed by atoms with Gasteiger partial charge in [0, 0.05) is 19.2 Å². The molecule has 0 radical (unpaired) electrons. The normalized spacial score (nSPS) is 30.4. The smallest absolute Gasteiger partial charge is 0.0618 e. The molecule has 0 amide bonds. The highest BCUT2D eigenvalue weighted by Crippen LogP contribution is 2.43. The van der Waals surface area contributed by atoms with Gasteiger partial charge in [-0.15, -0.1) is 0 Å². The Labute approximate surface area is 93.2 Å². The third-order valence-corrected chi connectivity index (χ3v) is 3.99. The van der Waals surface area contributed by atoms with Gasteiger partial charge in [-0.05, 0) is 18.3 Å². The van der Waals surface area contributed by atoms with E-state index in [4.69, 9.17) is 4.74 Å². The third-order valence-electron chi connectivity index (χ3n) is 3.99. The highest BCUT2D eigenvalue weighted by Gasteiger charge is 2.45. The Morgan fingerprint density at radius 1 is 1.27 bits per heavy atom. The summed E-state index contributed by atoms with van der Waals surface area (Å²) in [4.78, 5) is 0. The Morgan fingerprint density at radius 3 is 2.47 bits per heavy atom. The predicted octanol–water partition coefficient (Wildman–Crippen LogP) is 1.55. The minimum Gasteiger partial charge on any atom is -0.394 e. The van der Waals surface area contributed by atoms with E-state index >= 15 is 0 Å². The summed E-state index contributed by atoms with van der Waals surface area (Å²) in [5.41, 5.74) is 0.0670. The lowest BCUT2D eigenvalue weighted by molar-refractivity contribution is 0.00660. The minimum atomic E-state index is -0.107. The van der Waals surface area contributed by atoms with Crippen molar-refractivity contribution in [2.24, 2.45) is 5.41 Å². The summed E-state index contributed by atoms with van der Waals surface area (Å²) < 4.78 is 5.05. The first-order chi connectivity index (χ1) is 7.08. The van der Waals surface area contributed by atoms with Crippen molar-refractivity contribution in [2.75, 3.05) is 26.9 Å². The number of hydrogen-bond acceptors (Lipinski definition) is 3. The number of nitrogens with one attached hydrogen (secondary N) is 1. The van der Waals surface area contributed by atoms with Crippen molar-refractivity contribution >= 4 is 0 Å². The van der Waals surface area contributed by atoms with Crippen LogP contribution in [0.2, 0.25) is 0 Å². The molecule has 0 aliphatic heterocycles. The van der Waals surface area contributed by atoms with Crippen molar-refractivity contribution in [3.63, 3.8) is 0 Å².